The maximum atomic E-state index is 12.3. The second-order valence-electron chi connectivity index (χ2n) is 5.79. The quantitative estimate of drug-likeness (QED) is 0.735. The molecule has 6 nitrogen and oxygen atoms in total. The van der Waals surface area contributed by atoms with Gasteiger partial charge in [0.15, 0.2) is 5.69 Å². The minimum absolute atomic E-state index is 0.228. The normalized spacial score (nSPS) is 11.3. The second kappa shape index (κ2) is 6.16. The van der Waals surface area contributed by atoms with Crippen molar-refractivity contribution in [3.8, 4) is 0 Å². The van der Waals surface area contributed by atoms with Gasteiger partial charge < -0.3 is 9.72 Å². The maximum Gasteiger partial charge on any atom is 0.273 e. The Bertz CT molecular complexity index is 865. The molecule has 7 heteroatoms. The summed E-state index contributed by atoms with van der Waals surface area (Å²) in [6.45, 7) is 6.45. The first-order valence-electron chi connectivity index (χ1n) is 7.42. The minimum Gasteiger partial charge on any atom is -0.345 e. The summed E-state index contributed by atoms with van der Waals surface area (Å²) in [6, 6.07) is 3.99. The van der Waals surface area contributed by atoms with Gasteiger partial charge in [0.25, 0.3) is 5.91 Å². The summed E-state index contributed by atoms with van der Waals surface area (Å²) in [5.41, 5.74) is 4.09. The van der Waals surface area contributed by atoms with Crippen molar-refractivity contribution in [2.24, 2.45) is 0 Å². The molecule has 0 spiro atoms. The van der Waals surface area contributed by atoms with Gasteiger partial charge in [0.05, 0.1) is 22.4 Å². The molecule has 0 saturated carbocycles. The molecule has 0 aromatic carbocycles. The van der Waals surface area contributed by atoms with Crippen LogP contribution in [0.3, 0.4) is 0 Å². The Hall–Kier alpha value is -2.15. The molecule has 0 atom stereocenters. The molecule has 3 aromatic rings. The summed E-state index contributed by atoms with van der Waals surface area (Å²) in [6.07, 6.45) is 3.86. The first-order chi connectivity index (χ1) is 11.0. The SMILES string of the molecule is Cc1cccn2cc(CNC(=O)c3n[nH]c(C(C)C)c3Br)nc12. The summed E-state index contributed by atoms with van der Waals surface area (Å²) in [5, 5.41) is 9.86. The standard InChI is InChI=1S/C16H18BrN5O/c1-9(2)13-12(17)14(21-20-13)16(23)18-7-11-8-22-6-4-5-10(3)15(22)19-11/h4-6,8-9H,7H2,1-3H3,(H,18,23)(H,20,21). The Balaban J connectivity index is 1.74. The first-order valence-corrected chi connectivity index (χ1v) is 8.22. The highest BCUT2D eigenvalue weighted by Gasteiger charge is 2.19. The Morgan fingerprint density at radius 3 is 2.91 bits per heavy atom. The fraction of sp³-hybridized carbons (Fsp3) is 0.312. The number of carbonyl (C=O) groups is 1. The fourth-order valence-corrected chi connectivity index (χ4v) is 3.23. The van der Waals surface area contributed by atoms with Gasteiger partial charge >= 0.3 is 0 Å². The topological polar surface area (TPSA) is 75.1 Å². The van der Waals surface area contributed by atoms with Crippen LogP contribution in [0.4, 0.5) is 0 Å². The lowest BCUT2D eigenvalue weighted by atomic mass is 10.1. The van der Waals surface area contributed by atoms with Crippen LogP contribution in [0.2, 0.25) is 0 Å². The number of nitrogens with one attached hydrogen (secondary N) is 2. The number of rotatable bonds is 4. The molecule has 23 heavy (non-hydrogen) atoms. The van der Waals surface area contributed by atoms with Crippen molar-refractivity contribution in [2.45, 2.75) is 33.2 Å². The number of nitrogens with zero attached hydrogens (tertiary/aromatic N) is 3. The molecule has 3 rings (SSSR count). The van der Waals surface area contributed by atoms with Crippen LogP contribution in [0.5, 0.6) is 0 Å². The van der Waals surface area contributed by atoms with Gasteiger partial charge in [0, 0.05) is 12.4 Å². The van der Waals surface area contributed by atoms with E-state index < -0.39 is 0 Å². The largest absolute Gasteiger partial charge is 0.345 e. The van der Waals surface area contributed by atoms with Crippen molar-refractivity contribution in [1.82, 2.24) is 24.9 Å². The molecule has 0 bridgehead atoms. The number of H-pyrrole nitrogens is 1. The maximum absolute atomic E-state index is 12.3. The van der Waals surface area contributed by atoms with Crippen LogP contribution >= 0.6 is 15.9 Å². The molecule has 120 valence electrons. The van der Waals surface area contributed by atoms with Crippen molar-refractivity contribution in [2.75, 3.05) is 0 Å². The number of hydrogen-bond acceptors (Lipinski definition) is 3. The van der Waals surface area contributed by atoms with E-state index in [4.69, 9.17) is 0 Å². The van der Waals surface area contributed by atoms with Crippen LogP contribution in [0.25, 0.3) is 5.65 Å². The molecular weight excluding hydrogens is 358 g/mol. The van der Waals surface area contributed by atoms with Crippen molar-refractivity contribution >= 4 is 27.5 Å². The van der Waals surface area contributed by atoms with Crippen LogP contribution in [0, 0.1) is 6.92 Å². The van der Waals surface area contributed by atoms with E-state index in [9.17, 15) is 4.79 Å². The van der Waals surface area contributed by atoms with Crippen molar-refractivity contribution in [3.63, 3.8) is 0 Å². The van der Waals surface area contributed by atoms with Crippen molar-refractivity contribution < 1.29 is 4.79 Å². The molecule has 0 aliphatic rings. The Morgan fingerprint density at radius 2 is 2.26 bits per heavy atom. The zero-order chi connectivity index (χ0) is 16.6. The molecule has 0 unspecified atom stereocenters. The lowest BCUT2D eigenvalue weighted by molar-refractivity contribution is 0.0944. The summed E-state index contributed by atoms with van der Waals surface area (Å²) >= 11 is 3.44. The van der Waals surface area contributed by atoms with Crippen LogP contribution in [0.15, 0.2) is 29.0 Å². The van der Waals surface area contributed by atoms with Crippen LogP contribution in [0.1, 0.15) is 47.2 Å². The highest BCUT2D eigenvalue weighted by molar-refractivity contribution is 9.10. The number of aryl methyl sites for hydroxylation is 1. The molecule has 0 fully saturated rings. The molecule has 0 saturated heterocycles. The van der Waals surface area contributed by atoms with E-state index in [-0.39, 0.29) is 11.8 Å². The predicted molar refractivity (Wildman–Crippen MR) is 91.5 cm³/mol. The number of aromatic amines is 1. The van der Waals surface area contributed by atoms with Crippen LogP contribution < -0.4 is 5.32 Å². The van der Waals surface area contributed by atoms with E-state index in [0.717, 1.165) is 27.1 Å². The van der Waals surface area contributed by atoms with Gasteiger partial charge in [-0.05, 0) is 40.4 Å². The van der Waals surface area contributed by atoms with Crippen molar-refractivity contribution in [1.29, 1.82) is 0 Å². The number of imidazole rings is 1. The lowest BCUT2D eigenvalue weighted by Crippen LogP contribution is -2.23. The number of pyridine rings is 1. The molecular formula is C16H18BrN5O. The molecule has 3 aromatic heterocycles. The molecule has 1 amide bonds. The van der Waals surface area contributed by atoms with E-state index in [1.165, 1.54) is 0 Å². The fourth-order valence-electron chi connectivity index (χ4n) is 2.42. The predicted octanol–water partition coefficient (Wildman–Crippen LogP) is 3.18. The van der Waals surface area contributed by atoms with E-state index in [0.29, 0.717) is 12.2 Å². The monoisotopic (exact) mass is 375 g/mol. The molecule has 0 aliphatic carbocycles. The van der Waals surface area contributed by atoms with Gasteiger partial charge in [-0.25, -0.2) is 4.98 Å². The van der Waals surface area contributed by atoms with E-state index in [2.05, 4.69) is 36.4 Å². The van der Waals surface area contributed by atoms with E-state index in [1.807, 2.05) is 49.7 Å². The summed E-state index contributed by atoms with van der Waals surface area (Å²) in [5.74, 6) is 0.0358. The smallest absolute Gasteiger partial charge is 0.273 e. The Morgan fingerprint density at radius 1 is 1.48 bits per heavy atom. The average Bonchev–Trinajstić information content (AvgIpc) is 3.09. The van der Waals surface area contributed by atoms with Gasteiger partial charge in [0.1, 0.15) is 5.65 Å². The number of hydrogen-bond donors (Lipinski definition) is 2. The number of amides is 1. The third kappa shape index (κ3) is 3.01. The zero-order valence-corrected chi connectivity index (χ0v) is 14.8. The Labute approximate surface area is 142 Å². The number of aromatic nitrogens is 4. The van der Waals surface area contributed by atoms with Crippen LogP contribution in [-0.2, 0) is 6.54 Å². The lowest BCUT2D eigenvalue weighted by Gasteiger charge is -2.02. The van der Waals surface area contributed by atoms with Gasteiger partial charge in [-0.1, -0.05) is 19.9 Å². The van der Waals surface area contributed by atoms with Crippen molar-refractivity contribution in [3.05, 3.63) is 51.6 Å². The van der Waals surface area contributed by atoms with E-state index >= 15 is 0 Å². The number of carbonyl (C=O) groups excluding carboxylic acids is 1. The average molecular weight is 376 g/mol. The second-order valence-corrected chi connectivity index (χ2v) is 6.58. The van der Waals surface area contributed by atoms with E-state index in [1.54, 1.807) is 0 Å². The molecule has 2 N–H and O–H groups in total. The Kier molecular flexibility index (Phi) is 4.21. The molecule has 0 radical (unpaired) electrons. The number of halogens is 1. The molecule has 3 heterocycles. The zero-order valence-electron chi connectivity index (χ0n) is 13.2. The van der Waals surface area contributed by atoms with Gasteiger partial charge in [-0.3, -0.25) is 9.89 Å². The van der Waals surface area contributed by atoms with Gasteiger partial charge in [-0.2, -0.15) is 5.10 Å². The first kappa shape index (κ1) is 15.7. The third-order valence-electron chi connectivity index (χ3n) is 3.68. The van der Waals surface area contributed by atoms with Crippen LogP contribution in [-0.4, -0.2) is 25.5 Å². The molecule has 0 aliphatic heterocycles. The minimum atomic E-state index is -0.228. The number of fused-ring (bicyclic) bond motifs is 1. The summed E-state index contributed by atoms with van der Waals surface area (Å²) in [4.78, 5) is 16.8. The van der Waals surface area contributed by atoms with Gasteiger partial charge in [-0.15, -0.1) is 0 Å². The highest BCUT2D eigenvalue weighted by Crippen LogP contribution is 2.25. The summed E-state index contributed by atoms with van der Waals surface area (Å²) in [7, 11) is 0. The highest BCUT2D eigenvalue weighted by atomic mass is 79.9. The third-order valence-corrected chi connectivity index (χ3v) is 4.49. The summed E-state index contributed by atoms with van der Waals surface area (Å²) < 4.78 is 2.67. The van der Waals surface area contributed by atoms with Gasteiger partial charge in [0.2, 0.25) is 0 Å².